The van der Waals surface area contributed by atoms with Gasteiger partial charge in [0.15, 0.2) is 6.61 Å². The molecule has 2 rings (SSSR count). The first-order valence-electron chi connectivity index (χ1n) is 8.41. The summed E-state index contributed by atoms with van der Waals surface area (Å²) in [6.07, 6.45) is 0. The lowest BCUT2D eigenvalue weighted by molar-refractivity contribution is -0.147. The van der Waals surface area contributed by atoms with E-state index in [9.17, 15) is 14.4 Å². The molecule has 0 aromatic heterocycles. The zero-order valence-corrected chi connectivity index (χ0v) is 15.9. The smallest absolute Gasteiger partial charge is 0.325 e. The van der Waals surface area contributed by atoms with E-state index in [0.29, 0.717) is 10.6 Å². The molecule has 2 aromatic carbocycles. The van der Waals surface area contributed by atoms with Gasteiger partial charge in [0.05, 0.1) is 6.04 Å². The molecule has 2 N–H and O–H groups in total. The Morgan fingerprint density at radius 2 is 1.85 bits per heavy atom. The minimum absolute atomic E-state index is 0.319. The van der Waals surface area contributed by atoms with Gasteiger partial charge in [-0.05, 0) is 37.6 Å². The fraction of sp³-hybridized carbons (Fsp3) is 0.250. The third kappa shape index (κ3) is 6.42. The Bertz CT molecular complexity index is 838. The fourth-order valence-electron chi connectivity index (χ4n) is 2.43. The molecule has 0 saturated heterocycles. The number of benzene rings is 2. The van der Waals surface area contributed by atoms with Crippen molar-refractivity contribution in [2.75, 3.05) is 13.2 Å². The maximum Gasteiger partial charge on any atom is 0.325 e. The van der Waals surface area contributed by atoms with E-state index < -0.39 is 18.5 Å². The molecular weight excluding hydrogens is 368 g/mol. The number of halogens is 1. The van der Waals surface area contributed by atoms with Crippen molar-refractivity contribution in [3.63, 3.8) is 0 Å². The summed E-state index contributed by atoms with van der Waals surface area (Å²) in [5, 5.41) is 5.71. The van der Waals surface area contributed by atoms with Gasteiger partial charge in [0, 0.05) is 10.6 Å². The standard InChI is InChI=1S/C20H21ClN2O4/c1-13-6-5-7-15(10-13)20(26)22-11-19(25)27-12-18(24)23-14(2)16-8-3-4-9-17(16)21/h3-10,14H,11-12H2,1-2H3,(H,22,26)(H,23,24)/t14-/m0/s1. The van der Waals surface area contributed by atoms with Crippen molar-refractivity contribution in [3.8, 4) is 0 Å². The minimum Gasteiger partial charge on any atom is -0.454 e. The molecule has 2 aromatic rings. The number of esters is 1. The number of nitrogens with one attached hydrogen (secondary N) is 2. The molecule has 0 aliphatic heterocycles. The summed E-state index contributed by atoms with van der Waals surface area (Å²) in [6, 6.07) is 13.8. The first-order valence-corrected chi connectivity index (χ1v) is 8.79. The first-order chi connectivity index (χ1) is 12.9. The summed E-state index contributed by atoms with van der Waals surface area (Å²) in [5.74, 6) is -1.54. The van der Waals surface area contributed by atoms with Crippen LogP contribution in [-0.2, 0) is 14.3 Å². The summed E-state index contributed by atoms with van der Waals surface area (Å²) in [6.45, 7) is 2.89. The van der Waals surface area contributed by atoms with Crippen molar-refractivity contribution in [1.29, 1.82) is 0 Å². The van der Waals surface area contributed by atoms with Crippen LogP contribution < -0.4 is 10.6 Å². The number of aryl methyl sites for hydroxylation is 1. The van der Waals surface area contributed by atoms with E-state index in [0.717, 1.165) is 11.1 Å². The maximum absolute atomic E-state index is 12.0. The van der Waals surface area contributed by atoms with Gasteiger partial charge in [0.2, 0.25) is 0 Å². The Hall–Kier alpha value is -2.86. The molecule has 6 nitrogen and oxygen atoms in total. The van der Waals surface area contributed by atoms with Crippen LogP contribution in [-0.4, -0.2) is 30.9 Å². The summed E-state index contributed by atoms with van der Waals surface area (Å²) >= 11 is 6.08. The van der Waals surface area contributed by atoms with E-state index in [1.807, 2.05) is 19.1 Å². The summed E-state index contributed by atoms with van der Waals surface area (Å²) in [4.78, 5) is 35.6. The topological polar surface area (TPSA) is 84.5 Å². The van der Waals surface area contributed by atoms with E-state index in [1.54, 1.807) is 43.3 Å². The van der Waals surface area contributed by atoms with Gasteiger partial charge in [-0.1, -0.05) is 47.5 Å². The third-order valence-electron chi connectivity index (χ3n) is 3.79. The second kappa shape index (κ2) is 9.73. The number of amides is 2. The first kappa shape index (κ1) is 20.5. The fourth-order valence-corrected chi connectivity index (χ4v) is 2.72. The van der Waals surface area contributed by atoms with Crippen LogP contribution in [0.1, 0.15) is 34.5 Å². The molecular formula is C20H21ClN2O4. The Balaban J connectivity index is 1.74. The normalized spacial score (nSPS) is 11.4. The van der Waals surface area contributed by atoms with Gasteiger partial charge in [-0.25, -0.2) is 0 Å². The molecule has 27 heavy (non-hydrogen) atoms. The Kier molecular flexibility index (Phi) is 7.37. The van der Waals surface area contributed by atoms with Crippen LogP contribution >= 0.6 is 11.6 Å². The minimum atomic E-state index is -0.698. The zero-order valence-electron chi connectivity index (χ0n) is 15.1. The molecule has 0 fully saturated rings. The monoisotopic (exact) mass is 388 g/mol. The van der Waals surface area contributed by atoms with Crippen LogP contribution in [0.15, 0.2) is 48.5 Å². The lowest BCUT2D eigenvalue weighted by Crippen LogP contribution is -2.34. The van der Waals surface area contributed by atoms with Crippen molar-refractivity contribution in [2.24, 2.45) is 0 Å². The Morgan fingerprint density at radius 1 is 1.11 bits per heavy atom. The van der Waals surface area contributed by atoms with E-state index in [4.69, 9.17) is 16.3 Å². The van der Waals surface area contributed by atoms with Gasteiger partial charge in [0.25, 0.3) is 11.8 Å². The largest absolute Gasteiger partial charge is 0.454 e. The Labute approximate surface area is 162 Å². The second-order valence-electron chi connectivity index (χ2n) is 6.02. The van der Waals surface area contributed by atoms with Gasteiger partial charge in [0.1, 0.15) is 6.54 Å². The van der Waals surface area contributed by atoms with E-state index in [1.165, 1.54) is 0 Å². The average Bonchev–Trinajstić information content (AvgIpc) is 2.64. The molecule has 2 amide bonds. The number of rotatable bonds is 7. The van der Waals surface area contributed by atoms with Crippen molar-refractivity contribution >= 4 is 29.4 Å². The highest BCUT2D eigenvalue weighted by Gasteiger charge is 2.14. The van der Waals surface area contributed by atoms with Gasteiger partial charge in [-0.2, -0.15) is 0 Å². The summed E-state index contributed by atoms with van der Waals surface area (Å²) in [7, 11) is 0. The predicted molar refractivity (Wildman–Crippen MR) is 102 cm³/mol. The molecule has 0 radical (unpaired) electrons. The van der Waals surface area contributed by atoms with Crippen molar-refractivity contribution in [2.45, 2.75) is 19.9 Å². The van der Waals surface area contributed by atoms with Crippen molar-refractivity contribution < 1.29 is 19.1 Å². The number of carbonyl (C=O) groups excluding carboxylic acids is 3. The van der Waals surface area contributed by atoms with Crippen LogP contribution in [0.4, 0.5) is 0 Å². The lowest BCUT2D eigenvalue weighted by atomic mass is 10.1. The number of ether oxygens (including phenoxy) is 1. The van der Waals surface area contributed by atoms with E-state index >= 15 is 0 Å². The van der Waals surface area contributed by atoms with Gasteiger partial charge in [-0.15, -0.1) is 0 Å². The molecule has 0 saturated carbocycles. The van der Waals surface area contributed by atoms with Crippen LogP contribution in [0.3, 0.4) is 0 Å². The molecule has 142 valence electrons. The quantitative estimate of drug-likeness (QED) is 0.714. The highest BCUT2D eigenvalue weighted by atomic mass is 35.5. The maximum atomic E-state index is 12.0. The van der Waals surface area contributed by atoms with Crippen LogP contribution in [0.2, 0.25) is 5.02 Å². The summed E-state index contributed by atoms with van der Waals surface area (Å²) < 4.78 is 4.88. The lowest BCUT2D eigenvalue weighted by Gasteiger charge is -2.15. The second-order valence-corrected chi connectivity index (χ2v) is 6.43. The third-order valence-corrected chi connectivity index (χ3v) is 4.13. The van der Waals surface area contributed by atoms with E-state index in [-0.39, 0.29) is 18.5 Å². The van der Waals surface area contributed by atoms with Crippen LogP contribution in [0.25, 0.3) is 0 Å². The molecule has 1 atom stereocenters. The highest BCUT2D eigenvalue weighted by Crippen LogP contribution is 2.21. The molecule has 7 heteroatoms. The van der Waals surface area contributed by atoms with Crippen LogP contribution in [0.5, 0.6) is 0 Å². The SMILES string of the molecule is Cc1cccc(C(=O)NCC(=O)OCC(=O)N[C@@H](C)c2ccccc2Cl)c1. The van der Waals surface area contributed by atoms with Crippen LogP contribution in [0, 0.1) is 6.92 Å². The molecule has 0 spiro atoms. The Morgan fingerprint density at radius 3 is 2.56 bits per heavy atom. The zero-order chi connectivity index (χ0) is 19.8. The molecule has 0 aliphatic rings. The van der Waals surface area contributed by atoms with Gasteiger partial charge in [-0.3, -0.25) is 14.4 Å². The molecule has 0 bridgehead atoms. The van der Waals surface area contributed by atoms with Crippen molar-refractivity contribution in [1.82, 2.24) is 10.6 Å². The number of hydrogen-bond acceptors (Lipinski definition) is 4. The molecule has 0 aliphatic carbocycles. The van der Waals surface area contributed by atoms with Gasteiger partial charge >= 0.3 is 5.97 Å². The molecule has 0 heterocycles. The number of hydrogen-bond donors (Lipinski definition) is 2. The van der Waals surface area contributed by atoms with E-state index in [2.05, 4.69) is 10.6 Å². The van der Waals surface area contributed by atoms with Gasteiger partial charge < -0.3 is 15.4 Å². The number of carbonyl (C=O) groups is 3. The average molecular weight is 389 g/mol. The highest BCUT2D eigenvalue weighted by molar-refractivity contribution is 6.31. The predicted octanol–water partition coefficient (Wildman–Crippen LogP) is 2.80. The molecule has 0 unspecified atom stereocenters. The summed E-state index contributed by atoms with van der Waals surface area (Å²) in [5.41, 5.74) is 2.16. The van der Waals surface area contributed by atoms with Crippen molar-refractivity contribution in [3.05, 3.63) is 70.2 Å².